The number of rotatable bonds is 10. The van der Waals surface area contributed by atoms with Crippen LogP contribution in [0.4, 0.5) is 0 Å². The zero-order valence-electron chi connectivity index (χ0n) is 17.1. The number of nitrogens with zero attached hydrogens (tertiary/aromatic N) is 4. The van der Waals surface area contributed by atoms with Gasteiger partial charge in [-0.25, -0.2) is 0 Å². The second-order valence-electron chi connectivity index (χ2n) is 7.32. The molecule has 0 amide bonds. The maximum absolute atomic E-state index is 5.98. The molecule has 7 nitrogen and oxygen atoms in total. The van der Waals surface area contributed by atoms with E-state index in [1.807, 2.05) is 28.8 Å². The standard InChI is InChI=1S/C21H34N6O/c1-2-22-21(24-15-9-17-28-18-10-4-3-5-11-18)23-14-8-13-20-26-25-19-12-6-7-16-27(19)20/h6-7,12,16,18H,2-5,8-11,13-15,17H2,1H3,(H2,22,23,24). The lowest BCUT2D eigenvalue weighted by Gasteiger charge is -2.22. The fraction of sp³-hybridized carbons (Fsp3) is 0.667. The molecule has 0 saturated heterocycles. The van der Waals surface area contributed by atoms with Gasteiger partial charge in [-0.15, -0.1) is 10.2 Å². The first-order chi connectivity index (χ1) is 13.9. The molecule has 3 rings (SSSR count). The lowest BCUT2D eigenvalue weighted by atomic mass is 9.98. The summed E-state index contributed by atoms with van der Waals surface area (Å²) in [5.74, 6) is 1.87. The molecule has 28 heavy (non-hydrogen) atoms. The monoisotopic (exact) mass is 386 g/mol. The van der Waals surface area contributed by atoms with E-state index in [2.05, 4.69) is 32.7 Å². The Bertz CT molecular complexity index is 723. The molecule has 0 aliphatic heterocycles. The molecule has 0 spiro atoms. The molecule has 7 heteroatoms. The normalized spacial score (nSPS) is 15.8. The number of aromatic nitrogens is 3. The fourth-order valence-corrected chi connectivity index (χ4v) is 3.59. The van der Waals surface area contributed by atoms with Gasteiger partial charge < -0.3 is 15.4 Å². The summed E-state index contributed by atoms with van der Waals surface area (Å²) in [5.41, 5.74) is 0.895. The van der Waals surface area contributed by atoms with Crippen LogP contribution in [0.25, 0.3) is 5.65 Å². The summed E-state index contributed by atoms with van der Waals surface area (Å²) in [6.45, 7) is 5.42. The zero-order valence-corrected chi connectivity index (χ0v) is 17.1. The van der Waals surface area contributed by atoms with E-state index >= 15 is 0 Å². The highest BCUT2D eigenvalue weighted by atomic mass is 16.5. The summed E-state index contributed by atoms with van der Waals surface area (Å²) in [6.07, 6.45) is 11.8. The van der Waals surface area contributed by atoms with Crippen LogP contribution in [0, 0.1) is 0 Å². The molecular weight excluding hydrogens is 352 g/mol. The molecule has 0 unspecified atom stereocenters. The summed E-state index contributed by atoms with van der Waals surface area (Å²) >= 11 is 0. The number of nitrogens with one attached hydrogen (secondary N) is 2. The van der Waals surface area contributed by atoms with Gasteiger partial charge in [0.1, 0.15) is 5.82 Å². The minimum atomic E-state index is 0.490. The summed E-state index contributed by atoms with van der Waals surface area (Å²) in [7, 11) is 0. The first kappa shape index (κ1) is 20.6. The van der Waals surface area contributed by atoms with Crippen molar-refractivity contribution in [2.45, 2.75) is 64.4 Å². The molecule has 2 aromatic heterocycles. The highest BCUT2D eigenvalue weighted by Crippen LogP contribution is 2.20. The topological polar surface area (TPSA) is 75.8 Å². The molecule has 0 aromatic carbocycles. The van der Waals surface area contributed by atoms with E-state index in [0.717, 1.165) is 62.9 Å². The Balaban J connectivity index is 1.34. The molecule has 2 heterocycles. The Labute approximate surface area is 168 Å². The highest BCUT2D eigenvalue weighted by molar-refractivity contribution is 5.79. The first-order valence-corrected chi connectivity index (χ1v) is 10.8. The number of fused-ring (bicyclic) bond motifs is 1. The van der Waals surface area contributed by atoms with Crippen molar-refractivity contribution in [3.63, 3.8) is 0 Å². The van der Waals surface area contributed by atoms with E-state index in [1.165, 1.54) is 32.1 Å². The minimum absolute atomic E-state index is 0.490. The fourth-order valence-electron chi connectivity index (χ4n) is 3.59. The van der Waals surface area contributed by atoms with Crippen LogP contribution in [0.3, 0.4) is 0 Å². The maximum Gasteiger partial charge on any atom is 0.191 e. The van der Waals surface area contributed by atoms with Gasteiger partial charge in [-0.2, -0.15) is 0 Å². The molecule has 1 aliphatic carbocycles. The molecule has 0 radical (unpaired) electrons. The molecule has 1 fully saturated rings. The third-order valence-corrected chi connectivity index (χ3v) is 5.08. The predicted molar refractivity (Wildman–Crippen MR) is 113 cm³/mol. The van der Waals surface area contributed by atoms with Gasteiger partial charge in [0.05, 0.1) is 6.10 Å². The molecule has 0 atom stereocenters. The number of hydrogen-bond donors (Lipinski definition) is 2. The molecule has 1 saturated carbocycles. The van der Waals surface area contributed by atoms with Crippen molar-refractivity contribution in [3.8, 4) is 0 Å². The molecule has 2 N–H and O–H groups in total. The Morgan fingerprint density at radius 2 is 2.07 bits per heavy atom. The first-order valence-electron chi connectivity index (χ1n) is 10.8. The second-order valence-corrected chi connectivity index (χ2v) is 7.32. The van der Waals surface area contributed by atoms with Gasteiger partial charge in [-0.3, -0.25) is 9.39 Å². The Morgan fingerprint density at radius 3 is 2.93 bits per heavy atom. The Kier molecular flexibility index (Phi) is 8.55. The number of aliphatic imine (C=N–C) groups is 1. The number of ether oxygens (including phenoxy) is 1. The largest absolute Gasteiger partial charge is 0.378 e. The van der Waals surface area contributed by atoms with Gasteiger partial charge in [0.15, 0.2) is 11.6 Å². The maximum atomic E-state index is 5.98. The quantitative estimate of drug-likeness (QED) is 0.373. The summed E-state index contributed by atoms with van der Waals surface area (Å²) in [5, 5.41) is 15.2. The van der Waals surface area contributed by atoms with Gasteiger partial charge >= 0.3 is 0 Å². The second kappa shape index (κ2) is 11.6. The van der Waals surface area contributed by atoms with Crippen molar-refractivity contribution < 1.29 is 4.74 Å². The van der Waals surface area contributed by atoms with Crippen molar-refractivity contribution >= 4 is 11.6 Å². The smallest absolute Gasteiger partial charge is 0.191 e. The summed E-state index contributed by atoms with van der Waals surface area (Å²) in [4.78, 5) is 4.68. The Morgan fingerprint density at radius 1 is 1.18 bits per heavy atom. The van der Waals surface area contributed by atoms with Crippen LogP contribution < -0.4 is 10.6 Å². The van der Waals surface area contributed by atoms with Gasteiger partial charge in [0.25, 0.3) is 0 Å². The zero-order chi connectivity index (χ0) is 19.4. The van der Waals surface area contributed by atoms with Crippen molar-refractivity contribution in [2.24, 2.45) is 4.99 Å². The molecular formula is C21H34N6O. The third-order valence-electron chi connectivity index (χ3n) is 5.08. The number of guanidine groups is 1. The van der Waals surface area contributed by atoms with Crippen molar-refractivity contribution in [2.75, 3.05) is 26.2 Å². The minimum Gasteiger partial charge on any atom is -0.378 e. The SMILES string of the molecule is CCNC(=NCCCc1nnc2ccccn12)NCCCOC1CCCCC1. The van der Waals surface area contributed by atoms with Crippen LogP contribution in [0.2, 0.25) is 0 Å². The van der Waals surface area contributed by atoms with E-state index in [4.69, 9.17) is 4.74 Å². The number of pyridine rings is 1. The van der Waals surface area contributed by atoms with E-state index in [0.29, 0.717) is 6.10 Å². The van der Waals surface area contributed by atoms with Crippen LogP contribution >= 0.6 is 0 Å². The third kappa shape index (κ3) is 6.48. The van der Waals surface area contributed by atoms with Gasteiger partial charge in [0, 0.05) is 38.9 Å². The van der Waals surface area contributed by atoms with E-state index in [1.54, 1.807) is 0 Å². The van der Waals surface area contributed by atoms with Crippen LogP contribution in [0.1, 0.15) is 57.7 Å². The van der Waals surface area contributed by atoms with E-state index in [9.17, 15) is 0 Å². The number of aryl methyl sites for hydroxylation is 1. The van der Waals surface area contributed by atoms with Gasteiger partial charge in [-0.05, 0) is 44.7 Å². The van der Waals surface area contributed by atoms with E-state index < -0.39 is 0 Å². The Hall–Kier alpha value is -2.15. The molecule has 2 aromatic rings. The summed E-state index contributed by atoms with van der Waals surface area (Å²) < 4.78 is 8.03. The molecule has 1 aliphatic rings. The van der Waals surface area contributed by atoms with Crippen LogP contribution in [-0.4, -0.2) is 52.9 Å². The average molecular weight is 387 g/mol. The summed E-state index contributed by atoms with van der Waals surface area (Å²) in [6, 6.07) is 5.95. The van der Waals surface area contributed by atoms with E-state index in [-0.39, 0.29) is 0 Å². The van der Waals surface area contributed by atoms with Crippen molar-refractivity contribution in [1.82, 2.24) is 25.2 Å². The number of hydrogen-bond acceptors (Lipinski definition) is 4. The molecule has 154 valence electrons. The highest BCUT2D eigenvalue weighted by Gasteiger charge is 2.13. The average Bonchev–Trinajstić information content (AvgIpc) is 3.15. The van der Waals surface area contributed by atoms with Crippen LogP contribution in [0.15, 0.2) is 29.4 Å². The lowest BCUT2D eigenvalue weighted by Crippen LogP contribution is -2.38. The predicted octanol–water partition coefficient (Wildman–Crippen LogP) is 2.96. The van der Waals surface area contributed by atoms with Crippen LogP contribution in [-0.2, 0) is 11.2 Å². The van der Waals surface area contributed by atoms with Crippen molar-refractivity contribution in [1.29, 1.82) is 0 Å². The van der Waals surface area contributed by atoms with Gasteiger partial charge in [-0.1, -0.05) is 25.3 Å². The van der Waals surface area contributed by atoms with Gasteiger partial charge in [0.2, 0.25) is 0 Å². The lowest BCUT2D eigenvalue weighted by molar-refractivity contribution is 0.0277. The van der Waals surface area contributed by atoms with Crippen LogP contribution in [0.5, 0.6) is 0 Å². The van der Waals surface area contributed by atoms with Crippen molar-refractivity contribution in [3.05, 3.63) is 30.2 Å². The molecule has 0 bridgehead atoms.